The van der Waals surface area contributed by atoms with E-state index in [2.05, 4.69) is 43.4 Å². The highest BCUT2D eigenvalue weighted by Gasteiger charge is 2.23. The molecule has 2 aromatic rings. The maximum Gasteiger partial charge on any atom is 0.409 e. The summed E-state index contributed by atoms with van der Waals surface area (Å²) < 4.78 is 4.90. The van der Waals surface area contributed by atoms with Gasteiger partial charge in [0, 0.05) is 17.8 Å². The average Bonchev–Trinajstić information content (AvgIpc) is 3.30. The lowest BCUT2D eigenvalue weighted by atomic mass is 9.98. The average molecular weight is 387 g/mol. The maximum absolute atomic E-state index is 12.5. The summed E-state index contributed by atoms with van der Waals surface area (Å²) in [5.74, 6) is 0.542. The van der Waals surface area contributed by atoms with Gasteiger partial charge in [-0.1, -0.05) is 44.2 Å². The molecule has 5 nitrogen and oxygen atoms in total. The van der Waals surface area contributed by atoms with Gasteiger partial charge >= 0.3 is 6.09 Å². The lowest BCUT2D eigenvalue weighted by Crippen LogP contribution is -2.33. The van der Waals surface area contributed by atoms with E-state index in [1.54, 1.807) is 16.2 Å². The summed E-state index contributed by atoms with van der Waals surface area (Å²) in [7, 11) is 0. The molecule has 144 valence electrons. The monoisotopic (exact) mass is 386 g/mol. The Balaban J connectivity index is 1.66. The second-order valence-corrected chi connectivity index (χ2v) is 8.19. The first-order valence-electron chi connectivity index (χ1n) is 9.36. The van der Waals surface area contributed by atoms with E-state index in [1.807, 2.05) is 17.5 Å². The highest BCUT2D eigenvalue weighted by Crippen LogP contribution is 2.27. The first-order chi connectivity index (χ1) is 13.0. The molecule has 0 aliphatic carbocycles. The number of thiophene rings is 1. The number of hydrogen-bond donors (Lipinski definition) is 1. The number of amides is 2. The van der Waals surface area contributed by atoms with E-state index in [9.17, 15) is 9.59 Å². The van der Waals surface area contributed by atoms with Gasteiger partial charge in [0.05, 0.1) is 12.6 Å². The Morgan fingerprint density at radius 2 is 2.04 bits per heavy atom. The number of cyclic esters (lactones) is 1. The molecule has 1 aromatic carbocycles. The van der Waals surface area contributed by atoms with Crippen LogP contribution in [-0.4, -0.2) is 36.6 Å². The molecule has 0 saturated carbocycles. The fourth-order valence-electron chi connectivity index (χ4n) is 3.19. The number of nitrogens with one attached hydrogen (secondary N) is 1. The van der Waals surface area contributed by atoms with Crippen molar-refractivity contribution in [2.75, 3.05) is 19.7 Å². The predicted molar refractivity (Wildman–Crippen MR) is 107 cm³/mol. The number of ether oxygens (including phenoxy) is 1. The Morgan fingerprint density at radius 3 is 2.63 bits per heavy atom. The number of carbonyl (C=O) groups is 2. The fraction of sp³-hybridized carbons (Fsp3) is 0.429. The summed E-state index contributed by atoms with van der Waals surface area (Å²) in [5.41, 5.74) is 2.37. The maximum atomic E-state index is 12.5. The Morgan fingerprint density at radius 1 is 1.26 bits per heavy atom. The quantitative estimate of drug-likeness (QED) is 0.746. The summed E-state index contributed by atoms with van der Waals surface area (Å²) in [4.78, 5) is 26.7. The topological polar surface area (TPSA) is 58.6 Å². The van der Waals surface area contributed by atoms with E-state index >= 15 is 0 Å². The molecule has 0 spiro atoms. The van der Waals surface area contributed by atoms with Gasteiger partial charge in [-0.3, -0.25) is 4.79 Å². The third-order valence-electron chi connectivity index (χ3n) is 4.54. The van der Waals surface area contributed by atoms with Crippen LogP contribution in [0.5, 0.6) is 0 Å². The molecule has 0 bridgehead atoms. The summed E-state index contributed by atoms with van der Waals surface area (Å²) in [6.07, 6.45) is 0.975. The lowest BCUT2D eigenvalue weighted by molar-refractivity contribution is -0.121. The largest absolute Gasteiger partial charge is 0.448 e. The normalized spacial score (nSPS) is 15.1. The van der Waals surface area contributed by atoms with Gasteiger partial charge in [-0.15, -0.1) is 11.3 Å². The van der Waals surface area contributed by atoms with Crippen LogP contribution in [0.15, 0.2) is 41.8 Å². The molecule has 1 fully saturated rings. The molecular weight excluding hydrogens is 360 g/mol. The van der Waals surface area contributed by atoms with E-state index in [-0.39, 0.29) is 24.5 Å². The van der Waals surface area contributed by atoms with Crippen molar-refractivity contribution in [2.24, 2.45) is 5.92 Å². The highest BCUT2D eigenvalue weighted by atomic mass is 32.1. The zero-order valence-electron chi connectivity index (χ0n) is 15.8. The van der Waals surface area contributed by atoms with Crippen LogP contribution < -0.4 is 5.32 Å². The Hall–Kier alpha value is -2.34. The second kappa shape index (κ2) is 9.04. The third-order valence-corrected chi connectivity index (χ3v) is 5.48. The van der Waals surface area contributed by atoms with E-state index in [0.29, 0.717) is 25.6 Å². The first-order valence-corrected chi connectivity index (χ1v) is 10.2. The van der Waals surface area contributed by atoms with Crippen molar-refractivity contribution in [3.63, 3.8) is 0 Å². The van der Waals surface area contributed by atoms with Gasteiger partial charge < -0.3 is 15.0 Å². The van der Waals surface area contributed by atoms with Gasteiger partial charge in [-0.2, -0.15) is 0 Å². The molecule has 1 atom stereocenters. The van der Waals surface area contributed by atoms with Crippen LogP contribution in [0.4, 0.5) is 4.79 Å². The second-order valence-electron chi connectivity index (χ2n) is 7.21. The Bertz CT molecular complexity index is 756. The van der Waals surface area contributed by atoms with Gasteiger partial charge in [0.25, 0.3) is 0 Å². The fourth-order valence-corrected chi connectivity index (χ4v) is 3.99. The molecule has 1 aliphatic rings. The van der Waals surface area contributed by atoms with Crippen molar-refractivity contribution in [3.8, 4) is 0 Å². The minimum absolute atomic E-state index is 0.0700. The van der Waals surface area contributed by atoms with Crippen molar-refractivity contribution in [2.45, 2.75) is 32.7 Å². The SMILES string of the molecule is CC(C)Cc1ccc(C(NC(=O)CCN2CCOC2=O)c2cccs2)cc1. The molecule has 1 N–H and O–H groups in total. The van der Waals surface area contributed by atoms with Crippen molar-refractivity contribution < 1.29 is 14.3 Å². The summed E-state index contributed by atoms with van der Waals surface area (Å²) in [6.45, 7) is 5.76. The van der Waals surface area contributed by atoms with Gasteiger partial charge in [-0.25, -0.2) is 4.79 Å². The number of carbonyl (C=O) groups excluding carboxylic acids is 2. The molecule has 1 aromatic heterocycles. The van der Waals surface area contributed by atoms with Gasteiger partial charge in [0.1, 0.15) is 6.61 Å². The predicted octanol–water partition coefficient (Wildman–Crippen LogP) is 3.99. The van der Waals surface area contributed by atoms with Crippen LogP contribution in [-0.2, 0) is 16.0 Å². The van der Waals surface area contributed by atoms with E-state index in [0.717, 1.165) is 16.9 Å². The van der Waals surface area contributed by atoms with Crippen LogP contribution in [0.1, 0.15) is 42.3 Å². The molecule has 2 amide bonds. The number of rotatable bonds is 8. The van der Waals surface area contributed by atoms with Crippen molar-refractivity contribution >= 4 is 23.3 Å². The van der Waals surface area contributed by atoms with Crippen LogP contribution in [0, 0.1) is 5.92 Å². The van der Waals surface area contributed by atoms with Crippen LogP contribution in [0.25, 0.3) is 0 Å². The highest BCUT2D eigenvalue weighted by molar-refractivity contribution is 7.10. The van der Waals surface area contributed by atoms with E-state index in [4.69, 9.17) is 4.74 Å². The smallest absolute Gasteiger partial charge is 0.409 e. The molecule has 0 radical (unpaired) electrons. The molecule has 3 rings (SSSR count). The van der Waals surface area contributed by atoms with Crippen LogP contribution >= 0.6 is 11.3 Å². The van der Waals surface area contributed by atoms with E-state index < -0.39 is 0 Å². The standard InChI is InChI=1S/C21H26N2O3S/c1-15(2)14-16-5-7-17(8-6-16)20(18-4-3-13-27-18)22-19(24)9-10-23-11-12-26-21(23)25/h3-8,13,15,20H,9-12,14H2,1-2H3,(H,22,24). The van der Waals surface area contributed by atoms with E-state index in [1.165, 1.54) is 5.56 Å². The molecule has 1 aliphatic heterocycles. The number of hydrogen-bond acceptors (Lipinski definition) is 4. The minimum Gasteiger partial charge on any atom is -0.448 e. The summed E-state index contributed by atoms with van der Waals surface area (Å²) >= 11 is 1.63. The third kappa shape index (κ3) is 5.32. The van der Waals surface area contributed by atoms with Crippen molar-refractivity contribution in [1.29, 1.82) is 0 Å². The molecule has 27 heavy (non-hydrogen) atoms. The minimum atomic E-state index is -0.335. The number of nitrogens with zero attached hydrogens (tertiary/aromatic N) is 1. The van der Waals surface area contributed by atoms with Gasteiger partial charge in [-0.05, 0) is 34.9 Å². The number of benzene rings is 1. The van der Waals surface area contributed by atoms with Gasteiger partial charge in [0.2, 0.25) is 5.91 Å². The molecular formula is C21H26N2O3S. The van der Waals surface area contributed by atoms with Crippen molar-refractivity contribution in [1.82, 2.24) is 10.2 Å². The molecule has 6 heteroatoms. The van der Waals surface area contributed by atoms with Gasteiger partial charge in [0.15, 0.2) is 0 Å². The van der Waals surface area contributed by atoms with Crippen LogP contribution in [0.3, 0.4) is 0 Å². The Kier molecular flexibility index (Phi) is 6.50. The lowest BCUT2D eigenvalue weighted by Gasteiger charge is -2.20. The molecule has 1 unspecified atom stereocenters. The van der Waals surface area contributed by atoms with Crippen molar-refractivity contribution in [3.05, 3.63) is 57.8 Å². The summed E-state index contributed by atoms with van der Waals surface area (Å²) in [5, 5.41) is 5.14. The first kappa shape index (κ1) is 19.4. The van der Waals surface area contributed by atoms with Crippen LogP contribution in [0.2, 0.25) is 0 Å². The Labute approximate surface area is 164 Å². The zero-order valence-corrected chi connectivity index (χ0v) is 16.6. The zero-order chi connectivity index (χ0) is 19.2. The molecule has 2 heterocycles. The molecule has 1 saturated heterocycles. The summed E-state index contributed by atoms with van der Waals surface area (Å²) in [6, 6.07) is 12.3.